The third kappa shape index (κ3) is 3.32. The van der Waals surface area contributed by atoms with Crippen molar-refractivity contribution in [3.05, 3.63) is 80.1 Å². The van der Waals surface area contributed by atoms with Crippen LogP contribution in [0.25, 0.3) is 11.0 Å². The van der Waals surface area contributed by atoms with Crippen molar-refractivity contribution in [2.24, 2.45) is 5.10 Å². The Balaban J connectivity index is 1.84. The molecule has 0 bridgehead atoms. The molecular weight excluding hydrogens is 351 g/mol. The monoisotopic (exact) mass is 360 g/mol. The summed E-state index contributed by atoms with van der Waals surface area (Å²) in [4.78, 5) is 24.0. The van der Waals surface area contributed by atoms with E-state index >= 15 is 0 Å². The second-order valence-corrected chi connectivity index (χ2v) is 5.63. The number of nitrogens with zero attached hydrogens (tertiary/aromatic N) is 1. The van der Waals surface area contributed by atoms with Gasteiger partial charge in [-0.3, -0.25) is 4.79 Å². The zero-order chi connectivity index (χ0) is 17.1. The highest BCUT2D eigenvalue weighted by Gasteiger charge is 2.13. The Bertz CT molecular complexity index is 992. The van der Waals surface area contributed by atoms with E-state index in [2.05, 4.69) is 10.5 Å². The molecule has 3 rings (SSSR count). The topological polar surface area (TPSA) is 71.7 Å². The highest BCUT2D eigenvalue weighted by molar-refractivity contribution is 6.38. The van der Waals surface area contributed by atoms with Crippen molar-refractivity contribution >= 4 is 46.3 Å². The van der Waals surface area contributed by atoms with E-state index in [9.17, 15) is 9.59 Å². The Hall–Kier alpha value is -2.63. The molecule has 1 N–H and O–H groups in total. The molecular formula is C17H10Cl2N2O3. The summed E-state index contributed by atoms with van der Waals surface area (Å²) in [6.07, 6.45) is 1.31. The Kier molecular flexibility index (Phi) is 4.64. The van der Waals surface area contributed by atoms with E-state index < -0.39 is 11.5 Å². The number of hydrogen-bond acceptors (Lipinski definition) is 4. The molecule has 0 saturated heterocycles. The van der Waals surface area contributed by atoms with Crippen molar-refractivity contribution in [1.82, 2.24) is 5.43 Å². The van der Waals surface area contributed by atoms with E-state index in [0.717, 1.165) is 0 Å². The van der Waals surface area contributed by atoms with Gasteiger partial charge in [-0.05, 0) is 24.3 Å². The average molecular weight is 361 g/mol. The van der Waals surface area contributed by atoms with Crippen LogP contribution in [0.4, 0.5) is 0 Å². The second kappa shape index (κ2) is 6.86. The zero-order valence-corrected chi connectivity index (χ0v) is 13.6. The molecule has 0 unspecified atom stereocenters. The van der Waals surface area contributed by atoms with Crippen molar-refractivity contribution in [3.8, 4) is 0 Å². The van der Waals surface area contributed by atoms with E-state index in [0.29, 0.717) is 26.6 Å². The standard InChI is InChI=1S/C17H10Cl2N2O3/c18-13-5-3-6-14(19)12(13)9-20-21-16(22)11-8-10-4-1-2-7-15(10)24-17(11)23/h1-9H,(H,21,22)/b20-9+. The minimum absolute atomic E-state index is 0.142. The minimum Gasteiger partial charge on any atom is -0.422 e. The molecule has 1 aromatic heterocycles. The molecule has 5 nitrogen and oxygen atoms in total. The van der Waals surface area contributed by atoms with Crippen LogP contribution in [-0.2, 0) is 0 Å². The van der Waals surface area contributed by atoms with Crippen LogP contribution in [0.15, 0.2) is 62.8 Å². The first-order chi connectivity index (χ1) is 11.6. The zero-order valence-electron chi connectivity index (χ0n) is 12.1. The van der Waals surface area contributed by atoms with Crippen molar-refractivity contribution < 1.29 is 9.21 Å². The number of fused-ring (bicyclic) bond motifs is 1. The summed E-state index contributed by atoms with van der Waals surface area (Å²) in [5.41, 5.74) is 2.25. The lowest BCUT2D eigenvalue weighted by Gasteiger charge is -2.02. The van der Waals surface area contributed by atoms with Crippen LogP contribution in [0.3, 0.4) is 0 Å². The molecule has 0 radical (unpaired) electrons. The van der Waals surface area contributed by atoms with Crippen molar-refractivity contribution in [3.63, 3.8) is 0 Å². The Morgan fingerprint density at radius 3 is 2.54 bits per heavy atom. The summed E-state index contributed by atoms with van der Waals surface area (Å²) in [6.45, 7) is 0. The molecule has 7 heteroatoms. The van der Waals surface area contributed by atoms with E-state index in [1.165, 1.54) is 12.3 Å². The van der Waals surface area contributed by atoms with Crippen LogP contribution < -0.4 is 11.1 Å². The predicted octanol–water partition coefficient (Wildman–Crippen LogP) is 3.86. The Morgan fingerprint density at radius 1 is 1.08 bits per heavy atom. The van der Waals surface area contributed by atoms with Crippen LogP contribution in [0, 0.1) is 0 Å². The maximum absolute atomic E-state index is 12.1. The fraction of sp³-hybridized carbons (Fsp3) is 0. The number of nitrogens with one attached hydrogen (secondary N) is 1. The van der Waals surface area contributed by atoms with Gasteiger partial charge in [0.05, 0.1) is 16.3 Å². The maximum atomic E-state index is 12.1. The molecule has 1 heterocycles. The van der Waals surface area contributed by atoms with E-state index in [1.807, 2.05) is 0 Å². The number of carbonyl (C=O) groups excluding carboxylic acids is 1. The van der Waals surface area contributed by atoms with Gasteiger partial charge in [-0.25, -0.2) is 10.2 Å². The molecule has 1 amide bonds. The first kappa shape index (κ1) is 16.2. The summed E-state index contributed by atoms with van der Waals surface area (Å²) in [7, 11) is 0. The Morgan fingerprint density at radius 2 is 1.79 bits per heavy atom. The lowest BCUT2D eigenvalue weighted by Crippen LogP contribution is -2.24. The van der Waals surface area contributed by atoms with Crippen LogP contribution in [0.1, 0.15) is 15.9 Å². The first-order valence-electron chi connectivity index (χ1n) is 6.86. The molecule has 3 aromatic rings. The second-order valence-electron chi connectivity index (χ2n) is 4.82. The highest BCUT2D eigenvalue weighted by atomic mass is 35.5. The normalized spacial score (nSPS) is 11.1. The summed E-state index contributed by atoms with van der Waals surface area (Å²) in [5, 5.41) is 5.21. The van der Waals surface area contributed by atoms with Crippen molar-refractivity contribution in [1.29, 1.82) is 0 Å². The molecule has 0 aliphatic carbocycles. The van der Waals surface area contributed by atoms with Crippen LogP contribution in [0.2, 0.25) is 10.0 Å². The van der Waals surface area contributed by atoms with Crippen molar-refractivity contribution in [2.75, 3.05) is 0 Å². The van der Waals surface area contributed by atoms with Gasteiger partial charge < -0.3 is 4.42 Å². The highest BCUT2D eigenvalue weighted by Crippen LogP contribution is 2.22. The van der Waals surface area contributed by atoms with Gasteiger partial charge in [0.15, 0.2) is 0 Å². The number of benzene rings is 2. The van der Waals surface area contributed by atoms with Gasteiger partial charge in [0, 0.05) is 10.9 Å². The third-order valence-corrected chi connectivity index (χ3v) is 3.90. The van der Waals surface area contributed by atoms with Crippen LogP contribution in [0.5, 0.6) is 0 Å². The molecule has 120 valence electrons. The van der Waals surface area contributed by atoms with Gasteiger partial charge in [-0.2, -0.15) is 5.10 Å². The third-order valence-electron chi connectivity index (χ3n) is 3.25. The van der Waals surface area contributed by atoms with E-state index in [-0.39, 0.29) is 5.56 Å². The van der Waals surface area contributed by atoms with Gasteiger partial charge in [-0.1, -0.05) is 47.5 Å². The average Bonchev–Trinajstić information content (AvgIpc) is 2.56. The lowest BCUT2D eigenvalue weighted by atomic mass is 10.2. The number of hydrazone groups is 1. The molecule has 0 aliphatic heterocycles. The SMILES string of the molecule is O=C(N/N=C/c1c(Cl)cccc1Cl)c1cc2ccccc2oc1=O. The molecule has 0 spiro atoms. The van der Waals surface area contributed by atoms with Crippen LogP contribution in [-0.4, -0.2) is 12.1 Å². The quantitative estimate of drug-likeness (QED) is 0.437. The lowest BCUT2D eigenvalue weighted by molar-refractivity contribution is 0.0951. The summed E-state index contributed by atoms with van der Waals surface area (Å²) >= 11 is 12.0. The van der Waals surface area contributed by atoms with Gasteiger partial charge in [0.25, 0.3) is 5.91 Å². The largest absolute Gasteiger partial charge is 0.422 e. The maximum Gasteiger partial charge on any atom is 0.349 e. The van der Waals surface area contributed by atoms with Crippen molar-refractivity contribution in [2.45, 2.75) is 0 Å². The molecule has 0 saturated carbocycles. The number of carbonyl (C=O) groups is 1. The van der Waals surface area contributed by atoms with E-state index in [1.54, 1.807) is 42.5 Å². The molecule has 2 aromatic carbocycles. The number of para-hydroxylation sites is 1. The van der Waals surface area contributed by atoms with Gasteiger partial charge in [-0.15, -0.1) is 0 Å². The smallest absolute Gasteiger partial charge is 0.349 e. The van der Waals surface area contributed by atoms with Gasteiger partial charge in [0.2, 0.25) is 0 Å². The van der Waals surface area contributed by atoms with Gasteiger partial charge >= 0.3 is 5.63 Å². The Labute approximate surface area is 146 Å². The first-order valence-corrected chi connectivity index (χ1v) is 7.62. The predicted molar refractivity (Wildman–Crippen MR) is 94.0 cm³/mol. The fourth-order valence-electron chi connectivity index (χ4n) is 2.07. The number of hydrogen-bond donors (Lipinski definition) is 1. The number of rotatable bonds is 3. The minimum atomic E-state index is -0.739. The number of halogens is 2. The molecule has 0 aliphatic rings. The number of amides is 1. The molecule has 0 fully saturated rings. The van der Waals surface area contributed by atoms with Gasteiger partial charge in [0.1, 0.15) is 11.1 Å². The van der Waals surface area contributed by atoms with E-state index in [4.69, 9.17) is 27.6 Å². The molecule has 24 heavy (non-hydrogen) atoms. The summed E-state index contributed by atoms with van der Waals surface area (Å²) < 4.78 is 5.11. The summed E-state index contributed by atoms with van der Waals surface area (Å²) in [6, 6.07) is 13.3. The summed E-state index contributed by atoms with van der Waals surface area (Å²) in [5.74, 6) is -0.686. The van der Waals surface area contributed by atoms with Crippen LogP contribution >= 0.6 is 23.2 Å². The fourth-order valence-corrected chi connectivity index (χ4v) is 2.56. The molecule has 0 atom stereocenters.